The molecule has 202 valence electrons. The van der Waals surface area contributed by atoms with E-state index in [4.69, 9.17) is 17.3 Å². The number of primary amides is 1. The molecule has 2 heterocycles. The number of halogens is 1. The lowest BCUT2D eigenvalue weighted by molar-refractivity contribution is -0.122. The molecule has 2 aromatic carbocycles. The number of anilines is 2. The second-order valence-electron chi connectivity index (χ2n) is 11.2. The zero-order valence-corrected chi connectivity index (χ0v) is 23.1. The average Bonchev–Trinajstić information content (AvgIpc) is 3.60. The van der Waals surface area contributed by atoms with E-state index in [-0.39, 0.29) is 5.41 Å². The van der Waals surface area contributed by atoms with Crippen LogP contribution in [0.3, 0.4) is 0 Å². The summed E-state index contributed by atoms with van der Waals surface area (Å²) < 4.78 is 1.52. The lowest BCUT2D eigenvalue weighted by Crippen LogP contribution is -2.34. The van der Waals surface area contributed by atoms with E-state index in [9.17, 15) is 15.3 Å². The van der Waals surface area contributed by atoms with Gasteiger partial charge in [-0.1, -0.05) is 55.8 Å². The molecule has 5 rings (SSSR count). The maximum atomic E-state index is 12.1. The molecule has 1 amide bonds. The van der Waals surface area contributed by atoms with Crippen molar-refractivity contribution in [3.63, 3.8) is 0 Å². The number of nitriles is 2. The van der Waals surface area contributed by atoms with Crippen LogP contribution in [0, 0.1) is 28.1 Å². The van der Waals surface area contributed by atoms with Gasteiger partial charge in [0.2, 0.25) is 5.91 Å². The fourth-order valence-electron chi connectivity index (χ4n) is 4.61. The summed E-state index contributed by atoms with van der Waals surface area (Å²) in [4.78, 5) is 16.5. The van der Waals surface area contributed by atoms with Crippen molar-refractivity contribution in [3.8, 4) is 12.1 Å². The van der Waals surface area contributed by atoms with Crippen LogP contribution in [0.2, 0.25) is 5.02 Å². The number of nitrogens with two attached hydrogens (primary N) is 1. The fraction of sp³-hybridized carbons (Fsp3) is 0.310. The molecule has 0 saturated heterocycles. The van der Waals surface area contributed by atoms with Gasteiger partial charge in [-0.15, -0.1) is 5.10 Å². The third kappa shape index (κ3) is 5.02. The van der Waals surface area contributed by atoms with Gasteiger partial charge in [-0.3, -0.25) is 9.78 Å². The Balaban J connectivity index is 1.63. The number of carbonyl (C=O) groups is 1. The molecule has 10 nitrogen and oxygen atoms in total. The maximum absolute atomic E-state index is 12.1. The van der Waals surface area contributed by atoms with E-state index in [1.165, 1.54) is 10.9 Å². The average molecular weight is 554 g/mol. The second kappa shape index (κ2) is 10.1. The van der Waals surface area contributed by atoms with Gasteiger partial charge in [0.1, 0.15) is 23.4 Å². The molecule has 4 N–H and O–H groups in total. The number of amides is 1. The first-order valence-corrected chi connectivity index (χ1v) is 13.2. The SMILES string of the molecule is CC(C)(C)CNc1c(C#N)cnc2c(C#N)cc(N[C@H](c3cn(C4(C(N)=O)CC4)nn3)c3ccccc3Cl)cc12. The highest BCUT2D eigenvalue weighted by Crippen LogP contribution is 2.43. The van der Waals surface area contributed by atoms with Crippen molar-refractivity contribution in [1.29, 1.82) is 10.5 Å². The quantitative estimate of drug-likeness (QED) is 0.279. The van der Waals surface area contributed by atoms with Gasteiger partial charge in [-0.05, 0) is 42.0 Å². The number of fused-ring (bicyclic) bond motifs is 1. The predicted molar refractivity (Wildman–Crippen MR) is 152 cm³/mol. The molecule has 1 aliphatic carbocycles. The number of pyridine rings is 1. The number of hydrogen-bond acceptors (Lipinski definition) is 8. The Morgan fingerprint density at radius 3 is 2.55 bits per heavy atom. The summed E-state index contributed by atoms with van der Waals surface area (Å²) in [5.74, 6) is -0.449. The van der Waals surface area contributed by atoms with Crippen LogP contribution in [-0.4, -0.2) is 32.4 Å². The van der Waals surface area contributed by atoms with Crippen LogP contribution in [0.4, 0.5) is 11.4 Å². The Morgan fingerprint density at radius 1 is 1.20 bits per heavy atom. The number of carbonyl (C=O) groups excluding carboxylic acids is 1. The maximum Gasteiger partial charge on any atom is 0.245 e. The second-order valence-corrected chi connectivity index (χ2v) is 11.6. The first-order chi connectivity index (χ1) is 19.1. The molecule has 0 radical (unpaired) electrons. The van der Waals surface area contributed by atoms with Gasteiger partial charge >= 0.3 is 0 Å². The van der Waals surface area contributed by atoms with E-state index in [1.54, 1.807) is 18.3 Å². The molecule has 1 aliphatic rings. The van der Waals surface area contributed by atoms with E-state index in [0.29, 0.717) is 63.5 Å². The number of rotatable bonds is 8. The molecule has 4 aromatic rings. The fourth-order valence-corrected chi connectivity index (χ4v) is 4.86. The number of nitrogens with zero attached hydrogens (tertiary/aromatic N) is 6. The van der Waals surface area contributed by atoms with Crippen LogP contribution in [0.25, 0.3) is 10.9 Å². The molecule has 40 heavy (non-hydrogen) atoms. The largest absolute Gasteiger partial charge is 0.383 e. The summed E-state index contributed by atoms with van der Waals surface area (Å²) in [6.45, 7) is 6.88. The first kappa shape index (κ1) is 26.9. The predicted octanol–water partition coefficient (Wildman–Crippen LogP) is 4.86. The lowest BCUT2D eigenvalue weighted by Gasteiger charge is -2.22. The standard InChI is InChI=1S/C29H28ClN9O/c1-28(2,3)16-35-25-18(13-32)14-34-24-17(12-31)10-19(11-21(24)25)36-26(20-6-4-5-7-22(20)30)23-15-39(38-37-23)29(8-9-29)27(33)40/h4-7,10-11,14-15,26,36H,8-9,16H2,1-3H3,(H2,33,40)(H,34,35)/t26-/m0/s1. The van der Waals surface area contributed by atoms with E-state index in [0.717, 1.165) is 5.56 Å². The molecule has 2 aromatic heterocycles. The lowest BCUT2D eigenvalue weighted by atomic mass is 9.96. The normalized spacial score (nSPS) is 14.7. The van der Waals surface area contributed by atoms with E-state index in [2.05, 4.69) is 58.8 Å². The Bertz CT molecular complexity index is 1700. The van der Waals surface area contributed by atoms with Crippen molar-refractivity contribution >= 4 is 39.8 Å². The Labute approximate surface area is 236 Å². The Hall–Kier alpha value is -4.67. The van der Waals surface area contributed by atoms with Crippen LogP contribution >= 0.6 is 11.6 Å². The molecule has 0 bridgehead atoms. The van der Waals surface area contributed by atoms with Crippen LogP contribution in [0.15, 0.2) is 48.8 Å². The highest BCUT2D eigenvalue weighted by molar-refractivity contribution is 6.31. The summed E-state index contributed by atoms with van der Waals surface area (Å²) in [7, 11) is 0. The summed E-state index contributed by atoms with van der Waals surface area (Å²) in [5.41, 5.74) is 8.40. The zero-order chi connectivity index (χ0) is 28.7. The van der Waals surface area contributed by atoms with Crippen molar-refractivity contribution in [2.24, 2.45) is 11.1 Å². The third-order valence-corrected chi connectivity index (χ3v) is 7.31. The van der Waals surface area contributed by atoms with Crippen LogP contribution in [-0.2, 0) is 10.3 Å². The van der Waals surface area contributed by atoms with Gasteiger partial charge in [0, 0.05) is 28.8 Å². The molecule has 1 atom stereocenters. The van der Waals surface area contributed by atoms with Crippen molar-refractivity contribution in [2.75, 3.05) is 17.2 Å². The van der Waals surface area contributed by atoms with Gasteiger partial charge < -0.3 is 16.4 Å². The summed E-state index contributed by atoms with van der Waals surface area (Å²) in [5, 5.41) is 36.4. The number of benzene rings is 2. The van der Waals surface area contributed by atoms with Gasteiger partial charge in [-0.25, -0.2) is 4.68 Å². The van der Waals surface area contributed by atoms with Gasteiger partial charge in [0.05, 0.1) is 34.6 Å². The summed E-state index contributed by atoms with van der Waals surface area (Å²) in [6, 6.07) is 14.8. The van der Waals surface area contributed by atoms with Crippen molar-refractivity contribution < 1.29 is 4.79 Å². The van der Waals surface area contributed by atoms with Crippen molar-refractivity contribution in [2.45, 2.75) is 45.2 Å². The number of nitrogens with one attached hydrogen (secondary N) is 2. The molecular formula is C29H28ClN9O. The first-order valence-electron chi connectivity index (χ1n) is 12.8. The van der Waals surface area contributed by atoms with E-state index < -0.39 is 17.5 Å². The van der Waals surface area contributed by atoms with Crippen LogP contribution in [0.1, 0.15) is 62.0 Å². The minimum atomic E-state index is -0.861. The Morgan fingerprint density at radius 2 is 1.93 bits per heavy atom. The molecular weight excluding hydrogens is 526 g/mol. The minimum absolute atomic E-state index is 0.0545. The zero-order valence-electron chi connectivity index (χ0n) is 22.4. The topological polar surface area (TPSA) is 158 Å². The summed E-state index contributed by atoms with van der Waals surface area (Å²) >= 11 is 6.62. The summed E-state index contributed by atoms with van der Waals surface area (Å²) in [6.07, 6.45) is 4.39. The minimum Gasteiger partial charge on any atom is -0.383 e. The Kier molecular flexibility index (Phi) is 6.82. The van der Waals surface area contributed by atoms with Gasteiger partial charge in [0.15, 0.2) is 0 Å². The van der Waals surface area contributed by atoms with E-state index in [1.807, 2.05) is 24.3 Å². The molecule has 0 aliphatic heterocycles. The van der Waals surface area contributed by atoms with Gasteiger partial charge in [-0.2, -0.15) is 10.5 Å². The molecule has 1 saturated carbocycles. The third-order valence-electron chi connectivity index (χ3n) is 6.96. The smallest absolute Gasteiger partial charge is 0.245 e. The van der Waals surface area contributed by atoms with Crippen LogP contribution < -0.4 is 16.4 Å². The highest BCUT2D eigenvalue weighted by atomic mass is 35.5. The number of hydrogen-bond donors (Lipinski definition) is 3. The molecule has 0 spiro atoms. The van der Waals surface area contributed by atoms with Crippen molar-refractivity contribution in [1.82, 2.24) is 20.0 Å². The highest BCUT2D eigenvalue weighted by Gasteiger charge is 2.52. The molecule has 11 heteroatoms. The van der Waals surface area contributed by atoms with E-state index >= 15 is 0 Å². The van der Waals surface area contributed by atoms with Crippen LogP contribution in [0.5, 0.6) is 0 Å². The monoisotopic (exact) mass is 553 g/mol. The molecule has 1 fully saturated rings. The number of aromatic nitrogens is 4. The van der Waals surface area contributed by atoms with Crippen molar-refractivity contribution in [3.05, 3.63) is 76.2 Å². The molecule has 0 unspecified atom stereocenters. The van der Waals surface area contributed by atoms with Gasteiger partial charge in [0.25, 0.3) is 0 Å².